The van der Waals surface area contributed by atoms with E-state index in [2.05, 4.69) is 36.9 Å². The van der Waals surface area contributed by atoms with Crippen LogP contribution in [0.5, 0.6) is 0 Å². The Kier molecular flexibility index (Phi) is 10.8. The summed E-state index contributed by atoms with van der Waals surface area (Å²) >= 11 is 6.46. The highest BCUT2D eigenvalue weighted by Crippen LogP contribution is 2.33. The number of hydrogen-bond donors (Lipinski definition) is 1. The lowest BCUT2D eigenvalue weighted by Gasteiger charge is -2.26. The normalized spacial score (nSPS) is 12.5. The Hall–Kier alpha value is -1.94. The molecule has 3 aromatic rings. The third-order valence-electron chi connectivity index (χ3n) is 6.72. The van der Waals surface area contributed by atoms with Gasteiger partial charge in [0, 0.05) is 22.5 Å². The third-order valence-corrected chi connectivity index (χ3v) is 7.13. The molecule has 4 heteroatoms. The van der Waals surface area contributed by atoms with Gasteiger partial charge in [0.25, 0.3) is 0 Å². The fraction of sp³-hybridized carbons (Fsp3) is 0.500. The lowest BCUT2D eigenvalue weighted by Crippen LogP contribution is -2.31. The number of aliphatic hydroxyl groups excluding tert-OH is 1. The van der Waals surface area contributed by atoms with Crippen molar-refractivity contribution in [1.82, 2.24) is 9.88 Å². The summed E-state index contributed by atoms with van der Waals surface area (Å²) < 4.78 is 0. The van der Waals surface area contributed by atoms with Crippen LogP contribution in [0.3, 0.4) is 0 Å². The number of hydrogen-bond acceptors (Lipinski definition) is 3. The van der Waals surface area contributed by atoms with E-state index in [0.29, 0.717) is 11.6 Å². The molecule has 3 rings (SSSR count). The first kappa shape index (κ1) is 26.7. The van der Waals surface area contributed by atoms with Crippen molar-refractivity contribution >= 4 is 22.5 Å². The highest BCUT2D eigenvalue weighted by Gasteiger charge is 2.19. The Balaban J connectivity index is 1.90. The van der Waals surface area contributed by atoms with Crippen LogP contribution in [-0.4, -0.2) is 34.6 Å². The molecule has 0 spiro atoms. The molecule has 0 bridgehead atoms. The highest BCUT2D eigenvalue weighted by molar-refractivity contribution is 6.32. The van der Waals surface area contributed by atoms with Gasteiger partial charge in [0.2, 0.25) is 0 Å². The van der Waals surface area contributed by atoms with Gasteiger partial charge in [0.05, 0.1) is 17.3 Å². The first-order chi connectivity index (χ1) is 16.5. The van der Waals surface area contributed by atoms with Gasteiger partial charge in [0.15, 0.2) is 0 Å². The van der Waals surface area contributed by atoms with Crippen LogP contribution in [0, 0.1) is 6.92 Å². The molecule has 0 saturated carbocycles. The van der Waals surface area contributed by atoms with Crippen LogP contribution < -0.4 is 0 Å². The average Bonchev–Trinajstić information content (AvgIpc) is 2.86. The van der Waals surface area contributed by atoms with Crippen molar-refractivity contribution in [3.8, 4) is 11.3 Å². The van der Waals surface area contributed by atoms with E-state index in [4.69, 9.17) is 16.6 Å². The average molecular weight is 481 g/mol. The number of aryl methyl sites for hydroxylation is 1. The molecule has 0 aliphatic carbocycles. The van der Waals surface area contributed by atoms with Gasteiger partial charge in [-0.2, -0.15) is 0 Å². The summed E-state index contributed by atoms with van der Waals surface area (Å²) in [6, 6.07) is 16.2. The van der Waals surface area contributed by atoms with E-state index in [1.807, 2.05) is 37.3 Å². The Morgan fingerprint density at radius 2 is 1.53 bits per heavy atom. The molecule has 2 aromatic carbocycles. The van der Waals surface area contributed by atoms with Crippen LogP contribution in [0.15, 0.2) is 48.5 Å². The van der Waals surface area contributed by atoms with Crippen LogP contribution in [0.25, 0.3) is 22.2 Å². The van der Waals surface area contributed by atoms with Crippen LogP contribution in [0.1, 0.15) is 82.4 Å². The number of fused-ring (bicyclic) bond motifs is 1. The lowest BCUT2D eigenvalue weighted by molar-refractivity contribution is 0.111. The predicted octanol–water partition coefficient (Wildman–Crippen LogP) is 8.36. The molecule has 1 N–H and O–H groups in total. The molecular weight excluding hydrogens is 440 g/mol. The standard InChI is InChI=1S/C30H41ClN2O/c1-4-6-8-13-19-33(20-14-9-7-5-2)22-29(34)26-21-28(24-15-11-10-12-16-24)32-30-23(3)27(31)18-17-25(26)30/h10-12,15-18,21,29,34H,4-9,13-14,19-20,22H2,1-3H3/t29-/m0/s1. The van der Waals surface area contributed by atoms with E-state index in [0.717, 1.165) is 46.4 Å². The molecule has 184 valence electrons. The molecule has 0 unspecified atom stereocenters. The number of pyridine rings is 1. The van der Waals surface area contributed by atoms with Gasteiger partial charge >= 0.3 is 0 Å². The number of halogens is 1. The molecule has 0 aliphatic heterocycles. The fourth-order valence-corrected chi connectivity index (χ4v) is 4.78. The maximum Gasteiger partial charge on any atom is 0.0924 e. The minimum atomic E-state index is -0.578. The van der Waals surface area contributed by atoms with Gasteiger partial charge in [-0.25, -0.2) is 4.98 Å². The molecule has 1 aromatic heterocycles. The molecule has 34 heavy (non-hydrogen) atoms. The summed E-state index contributed by atoms with van der Waals surface area (Å²) in [6.07, 6.45) is 9.36. The first-order valence-corrected chi connectivity index (χ1v) is 13.5. The van der Waals surface area contributed by atoms with Crippen LogP contribution in [0.2, 0.25) is 5.02 Å². The van der Waals surface area contributed by atoms with E-state index in [-0.39, 0.29) is 0 Å². The number of benzene rings is 2. The minimum absolute atomic E-state index is 0.578. The van der Waals surface area contributed by atoms with Crippen LogP contribution >= 0.6 is 11.6 Å². The van der Waals surface area contributed by atoms with Gasteiger partial charge in [-0.3, -0.25) is 0 Å². The largest absolute Gasteiger partial charge is 0.387 e. The number of nitrogens with zero attached hydrogens (tertiary/aromatic N) is 2. The van der Waals surface area contributed by atoms with Crippen molar-refractivity contribution in [1.29, 1.82) is 0 Å². The summed E-state index contributed by atoms with van der Waals surface area (Å²) in [5, 5.41) is 13.2. The number of aromatic nitrogens is 1. The smallest absolute Gasteiger partial charge is 0.0924 e. The van der Waals surface area contributed by atoms with Crippen LogP contribution in [0.4, 0.5) is 0 Å². The molecule has 0 saturated heterocycles. The summed E-state index contributed by atoms with van der Waals surface area (Å²) in [5.41, 5.74) is 4.70. The third kappa shape index (κ3) is 7.28. The topological polar surface area (TPSA) is 36.4 Å². The monoisotopic (exact) mass is 480 g/mol. The number of aliphatic hydroxyl groups is 1. The fourth-order valence-electron chi connectivity index (χ4n) is 4.62. The van der Waals surface area contributed by atoms with Gasteiger partial charge in [-0.1, -0.05) is 100 Å². The second kappa shape index (κ2) is 13.8. The number of rotatable bonds is 14. The van der Waals surface area contributed by atoms with Gasteiger partial charge in [-0.05, 0) is 56.1 Å². The second-order valence-electron chi connectivity index (χ2n) is 9.47. The zero-order chi connectivity index (χ0) is 24.3. The van der Waals surface area contributed by atoms with E-state index < -0.39 is 6.10 Å². The van der Waals surface area contributed by atoms with E-state index in [1.54, 1.807) is 0 Å². The molecule has 0 radical (unpaired) electrons. The van der Waals surface area contributed by atoms with E-state index >= 15 is 0 Å². The molecule has 0 amide bonds. The van der Waals surface area contributed by atoms with E-state index in [1.165, 1.54) is 51.4 Å². The van der Waals surface area contributed by atoms with Crippen molar-refractivity contribution < 1.29 is 5.11 Å². The maximum absolute atomic E-state index is 11.5. The van der Waals surface area contributed by atoms with Gasteiger partial charge in [-0.15, -0.1) is 0 Å². The van der Waals surface area contributed by atoms with Crippen molar-refractivity contribution in [3.05, 3.63) is 64.7 Å². The van der Waals surface area contributed by atoms with Crippen molar-refractivity contribution in [2.45, 2.75) is 78.2 Å². The minimum Gasteiger partial charge on any atom is -0.387 e. The number of unbranched alkanes of at least 4 members (excludes halogenated alkanes) is 6. The van der Waals surface area contributed by atoms with E-state index in [9.17, 15) is 5.11 Å². The van der Waals surface area contributed by atoms with Crippen molar-refractivity contribution in [3.63, 3.8) is 0 Å². The Morgan fingerprint density at radius 1 is 0.882 bits per heavy atom. The summed E-state index contributed by atoms with van der Waals surface area (Å²) in [4.78, 5) is 7.42. The van der Waals surface area contributed by atoms with Crippen LogP contribution in [-0.2, 0) is 0 Å². The van der Waals surface area contributed by atoms with Gasteiger partial charge in [0.1, 0.15) is 0 Å². The van der Waals surface area contributed by atoms with Gasteiger partial charge < -0.3 is 10.0 Å². The maximum atomic E-state index is 11.5. The first-order valence-electron chi connectivity index (χ1n) is 13.1. The Bertz CT molecular complexity index is 1010. The SMILES string of the molecule is CCCCCCN(CCCCCC)C[C@H](O)c1cc(-c2ccccc2)nc2c(C)c(Cl)ccc12. The quantitative estimate of drug-likeness (QED) is 0.235. The molecular formula is C30H41ClN2O. The zero-order valence-corrected chi connectivity index (χ0v) is 21.9. The molecule has 0 aliphatic rings. The molecule has 0 fully saturated rings. The second-order valence-corrected chi connectivity index (χ2v) is 9.88. The lowest BCUT2D eigenvalue weighted by atomic mass is 9.98. The molecule has 1 heterocycles. The van der Waals surface area contributed by atoms with Crippen molar-refractivity contribution in [2.75, 3.05) is 19.6 Å². The predicted molar refractivity (Wildman–Crippen MR) is 147 cm³/mol. The summed E-state index contributed by atoms with van der Waals surface area (Å²) in [5.74, 6) is 0. The Labute approximate surface area is 211 Å². The zero-order valence-electron chi connectivity index (χ0n) is 21.2. The highest BCUT2D eigenvalue weighted by atomic mass is 35.5. The summed E-state index contributed by atoms with van der Waals surface area (Å²) in [7, 11) is 0. The summed E-state index contributed by atoms with van der Waals surface area (Å²) in [6.45, 7) is 9.24. The van der Waals surface area contributed by atoms with Crippen molar-refractivity contribution in [2.24, 2.45) is 0 Å². The molecule has 3 nitrogen and oxygen atoms in total. The molecule has 1 atom stereocenters. The Morgan fingerprint density at radius 3 is 2.15 bits per heavy atom.